The molecule has 0 aliphatic heterocycles. The summed E-state index contributed by atoms with van der Waals surface area (Å²) in [6.45, 7) is 9.79. The first-order valence-corrected chi connectivity index (χ1v) is 6.77. The van der Waals surface area contributed by atoms with Crippen molar-refractivity contribution in [3.05, 3.63) is 0 Å². The average Bonchev–Trinajstić information content (AvgIpc) is 2.24. The van der Waals surface area contributed by atoms with E-state index in [1.165, 1.54) is 0 Å². The van der Waals surface area contributed by atoms with Crippen molar-refractivity contribution >= 4 is 5.97 Å². The van der Waals surface area contributed by atoms with Gasteiger partial charge in [-0.05, 0) is 37.1 Å². The van der Waals surface area contributed by atoms with E-state index in [1.54, 1.807) is 0 Å². The molecule has 0 aromatic carbocycles. The molecule has 0 aliphatic carbocycles. The number of carbonyl (C=O) groups is 1. The van der Waals surface area contributed by atoms with Crippen LogP contribution >= 0.6 is 0 Å². The molecule has 0 aliphatic rings. The second kappa shape index (κ2) is 8.51. The Bertz CT molecular complexity index is 214. The van der Waals surface area contributed by atoms with E-state index in [9.17, 15) is 4.79 Å². The van der Waals surface area contributed by atoms with Gasteiger partial charge in [-0.3, -0.25) is 4.79 Å². The number of carbonyl (C=O) groups excluding carboxylic acids is 1. The predicted molar refractivity (Wildman–Crippen MR) is 71.7 cm³/mol. The summed E-state index contributed by atoms with van der Waals surface area (Å²) in [7, 11) is 0. The van der Waals surface area contributed by atoms with E-state index in [0.29, 0.717) is 25.5 Å². The molecule has 0 heterocycles. The molecule has 3 heteroatoms. The summed E-state index contributed by atoms with van der Waals surface area (Å²) in [5.74, 6) is 0.402. The van der Waals surface area contributed by atoms with Gasteiger partial charge in [0.15, 0.2) is 0 Å². The predicted octanol–water partition coefficient (Wildman–Crippen LogP) is 3.12. The minimum absolute atomic E-state index is 0.0713. The summed E-state index contributed by atoms with van der Waals surface area (Å²) in [4.78, 5) is 11.5. The molecule has 0 saturated heterocycles. The van der Waals surface area contributed by atoms with Crippen LogP contribution in [0.1, 0.15) is 59.8 Å². The van der Waals surface area contributed by atoms with Crippen LogP contribution in [-0.2, 0) is 9.53 Å². The van der Waals surface area contributed by atoms with E-state index in [0.717, 1.165) is 25.7 Å². The molecular weight excluding hydrogens is 214 g/mol. The Labute approximate surface area is 106 Å². The SMILES string of the molecule is CCCC(C)COC(=O)CCC(C)(C)CCN. The van der Waals surface area contributed by atoms with Crippen molar-refractivity contribution in [2.45, 2.75) is 59.8 Å². The molecule has 1 atom stereocenters. The standard InChI is InChI=1S/C14H29NO2/c1-5-6-12(2)11-17-13(16)7-8-14(3,4)9-10-15/h12H,5-11,15H2,1-4H3. The Hall–Kier alpha value is -0.570. The quantitative estimate of drug-likeness (QED) is 0.633. The summed E-state index contributed by atoms with van der Waals surface area (Å²) in [6, 6.07) is 0. The molecule has 0 bridgehead atoms. The summed E-state index contributed by atoms with van der Waals surface area (Å²) in [5, 5.41) is 0. The van der Waals surface area contributed by atoms with Gasteiger partial charge in [-0.15, -0.1) is 0 Å². The fourth-order valence-corrected chi connectivity index (χ4v) is 1.84. The van der Waals surface area contributed by atoms with Crippen LogP contribution in [0.2, 0.25) is 0 Å². The third-order valence-electron chi connectivity index (χ3n) is 3.14. The van der Waals surface area contributed by atoms with E-state index < -0.39 is 0 Å². The summed E-state index contributed by atoms with van der Waals surface area (Å²) in [6.07, 6.45) is 4.57. The third kappa shape index (κ3) is 9.16. The lowest BCUT2D eigenvalue weighted by atomic mass is 9.84. The van der Waals surface area contributed by atoms with Crippen LogP contribution in [0.25, 0.3) is 0 Å². The van der Waals surface area contributed by atoms with Gasteiger partial charge in [0.1, 0.15) is 0 Å². The molecule has 17 heavy (non-hydrogen) atoms. The molecule has 0 aromatic rings. The molecule has 0 rings (SSSR count). The Morgan fingerprint density at radius 2 is 2.00 bits per heavy atom. The van der Waals surface area contributed by atoms with Crippen molar-refractivity contribution in [1.29, 1.82) is 0 Å². The molecule has 0 spiro atoms. The van der Waals surface area contributed by atoms with Gasteiger partial charge in [0.25, 0.3) is 0 Å². The fourth-order valence-electron chi connectivity index (χ4n) is 1.84. The highest BCUT2D eigenvalue weighted by atomic mass is 16.5. The summed E-state index contributed by atoms with van der Waals surface area (Å²) in [5.41, 5.74) is 5.68. The average molecular weight is 243 g/mol. The van der Waals surface area contributed by atoms with E-state index in [1.807, 2.05) is 0 Å². The summed E-state index contributed by atoms with van der Waals surface area (Å²) < 4.78 is 5.26. The van der Waals surface area contributed by atoms with Crippen LogP contribution in [0.5, 0.6) is 0 Å². The molecule has 0 radical (unpaired) electrons. The van der Waals surface area contributed by atoms with Crippen molar-refractivity contribution in [3.63, 3.8) is 0 Å². The molecule has 0 amide bonds. The zero-order chi connectivity index (χ0) is 13.3. The van der Waals surface area contributed by atoms with Crippen LogP contribution in [-0.4, -0.2) is 19.1 Å². The number of hydrogen-bond acceptors (Lipinski definition) is 3. The number of rotatable bonds is 9. The highest BCUT2D eigenvalue weighted by molar-refractivity contribution is 5.69. The molecule has 0 fully saturated rings. The zero-order valence-corrected chi connectivity index (χ0v) is 11.9. The minimum atomic E-state index is -0.0713. The molecule has 2 N–H and O–H groups in total. The first kappa shape index (κ1) is 16.4. The Balaban J connectivity index is 3.72. The number of nitrogens with two attached hydrogens (primary N) is 1. The van der Waals surface area contributed by atoms with Crippen molar-refractivity contribution < 1.29 is 9.53 Å². The van der Waals surface area contributed by atoms with Gasteiger partial charge >= 0.3 is 5.97 Å². The van der Waals surface area contributed by atoms with Crippen molar-refractivity contribution in [2.75, 3.05) is 13.2 Å². The minimum Gasteiger partial charge on any atom is -0.465 e. The number of hydrogen-bond donors (Lipinski definition) is 1. The van der Waals surface area contributed by atoms with E-state index in [-0.39, 0.29) is 11.4 Å². The summed E-state index contributed by atoms with van der Waals surface area (Å²) >= 11 is 0. The highest BCUT2D eigenvalue weighted by Gasteiger charge is 2.19. The highest BCUT2D eigenvalue weighted by Crippen LogP contribution is 2.26. The van der Waals surface area contributed by atoms with Gasteiger partial charge in [0.05, 0.1) is 6.61 Å². The van der Waals surface area contributed by atoms with Crippen molar-refractivity contribution in [1.82, 2.24) is 0 Å². The van der Waals surface area contributed by atoms with Crippen molar-refractivity contribution in [3.8, 4) is 0 Å². The van der Waals surface area contributed by atoms with Crippen LogP contribution in [0.15, 0.2) is 0 Å². The number of esters is 1. The maximum Gasteiger partial charge on any atom is 0.305 e. The first-order chi connectivity index (χ1) is 7.91. The van der Waals surface area contributed by atoms with E-state index >= 15 is 0 Å². The van der Waals surface area contributed by atoms with Gasteiger partial charge in [-0.1, -0.05) is 34.1 Å². The lowest BCUT2D eigenvalue weighted by molar-refractivity contribution is -0.145. The van der Waals surface area contributed by atoms with E-state index in [2.05, 4.69) is 27.7 Å². The lowest BCUT2D eigenvalue weighted by Crippen LogP contribution is -2.19. The molecule has 0 aromatic heterocycles. The second-order valence-corrected chi connectivity index (χ2v) is 5.78. The van der Waals surface area contributed by atoms with Gasteiger partial charge < -0.3 is 10.5 Å². The van der Waals surface area contributed by atoms with Gasteiger partial charge in [-0.25, -0.2) is 0 Å². The third-order valence-corrected chi connectivity index (χ3v) is 3.14. The maximum atomic E-state index is 11.5. The molecule has 102 valence electrons. The van der Waals surface area contributed by atoms with Crippen LogP contribution in [0, 0.1) is 11.3 Å². The smallest absolute Gasteiger partial charge is 0.305 e. The van der Waals surface area contributed by atoms with Gasteiger partial charge in [-0.2, -0.15) is 0 Å². The Morgan fingerprint density at radius 1 is 1.35 bits per heavy atom. The molecule has 1 unspecified atom stereocenters. The lowest BCUT2D eigenvalue weighted by Gasteiger charge is -2.23. The monoisotopic (exact) mass is 243 g/mol. The van der Waals surface area contributed by atoms with Crippen molar-refractivity contribution in [2.24, 2.45) is 17.1 Å². The molecular formula is C14H29NO2. The van der Waals surface area contributed by atoms with Crippen LogP contribution in [0.3, 0.4) is 0 Å². The van der Waals surface area contributed by atoms with E-state index in [4.69, 9.17) is 10.5 Å². The zero-order valence-electron chi connectivity index (χ0n) is 11.9. The Morgan fingerprint density at radius 3 is 2.53 bits per heavy atom. The largest absolute Gasteiger partial charge is 0.465 e. The van der Waals surface area contributed by atoms with Gasteiger partial charge in [0.2, 0.25) is 0 Å². The van der Waals surface area contributed by atoms with Crippen LogP contribution < -0.4 is 5.73 Å². The number of ether oxygens (including phenoxy) is 1. The Kier molecular flexibility index (Phi) is 8.23. The first-order valence-electron chi connectivity index (χ1n) is 6.77. The normalized spacial score (nSPS) is 13.5. The fraction of sp³-hybridized carbons (Fsp3) is 0.929. The second-order valence-electron chi connectivity index (χ2n) is 5.78. The topological polar surface area (TPSA) is 52.3 Å². The van der Waals surface area contributed by atoms with Crippen LogP contribution in [0.4, 0.5) is 0 Å². The molecule has 3 nitrogen and oxygen atoms in total. The van der Waals surface area contributed by atoms with Gasteiger partial charge in [0, 0.05) is 6.42 Å². The molecule has 0 saturated carbocycles. The maximum absolute atomic E-state index is 11.5.